The number of aromatic amines is 1. The van der Waals surface area contributed by atoms with Gasteiger partial charge in [-0.05, 0) is 17.7 Å². The first-order valence-corrected chi connectivity index (χ1v) is 6.50. The fourth-order valence-electron chi connectivity index (χ4n) is 1.91. The number of nitrogens with one attached hydrogen (secondary N) is 1. The number of hydrogen-bond donors (Lipinski definition) is 1. The SMILES string of the molecule is COc1ccc(-c2cnn(-c3n[nH]c(Cl)cc3=O)c2)cc1. The Morgan fingerprint density at radius 1 is 1.24 bits per heavy atom. The van der Waals surface area contributed by atoms with Crippen LogP contribution in [-0.2, 0) is 0 Å². The molecule has 106 valence electrons. The summed E-state index contributed by atoms with van der Waals surface area (Å²) in [5, 5.41) is 10.8. The molecule has 0 amide bonds. The molecule has 0 saturated heterocycles. The van der Waals surface area contributed by atoms with E-state index in [1.54, 1.807) is 19.5 Å². The lowest BCUT2D eigenvalue weighted by Crippen LogP contribution is -2.14. The highest BCUT2D eigenvalue weighted by molar-refractivity contribution is 6.29. The number of hydrogen-bond acceptors (Lipinski definition) is 4. The minimum Gasteiger partial charge on any atom is -0.497 e. The molecule has 0 radical (unpaired) electrons. The smallest absolute Gasteiger partial charge is 0.227 e. The van der Waals surface area contributed by atoms with Crippen molar-refractivity contribution in [3.63, 3.8) is 0 Å². The molecule has 0 aliphatic heterocycles. The van der Waals surface area contributed by atoms with Gasteiger partial charge in [0, 0.05) is 17.8 Å². The zero-order valence-corrected chi connectivity index (χ0v) is 11.8. The van der Waals surface area contributed by atoms with Crippen molar-refractivity contribution in [2.45, 2.75) is 0 Å². The molecule has 1 aromatic carbocycles. The molecule has 1 N–H and O–H groups in total. The van der Waals surface area contributed by atoms with Crippen molar-refractivity contribution in [1.82, 2.24) is 20.0 Å². The van der Waals surface area contributed by atoms with E-state index in [0.717, 1.165) is 16.9 Å². The highest BCUT2D eigenvalue weighted by Crippen LogP contribution is 2.22. The second kappa shape index (κ2) is 5.41. The van der Waals surface area contributed by atoms with Crippen LogP contribution in [0.4, 0.5) is 0 Å². The third-order valence-corrected chi connectivity index (χ3v) is 3.16. The molecule has 2 aromatic heterocycles. The van der Waals surface area contributed by atoms with Gasteiger partial charge in [0.2, 0.25) is 11.2 Å². The zero-order valence-electron chi connectivity index (χ0n) is 11.1. The number of benzene rings is 1. The van der Waals surface area contributed by atoms with Crippen molar-refractivity contribution < 1.29 is 4.74 Å². The van der Waals surface area contributed by atoms with Crippen molar-refractivity contribution >= 4 is 11.6 Å². The van der Waals surface area contributed by atoms with Crippen LogP contribution in [0.2, 0.25) is 5.15 Å². The van der Waals surface area contributed by atoms with E-state index in [0.29, 0.717) is 0 Å². The number of methoxy groups -OCH3 is 1. The van der Waals surface area contributed by atoms with Gasteiger partial charge in [0.15, 0.2) is 0 Å². The van der Waals surface area contributed by atoms with Gasteiger partial charge in [-0.15, -0.1) is 0 Å². The molecular weight excluding hydrogens is 292 g/mol. The lowest BCUT2D eigenvalue weighted by molar-refractivity contribution is 0.415. The van der Waals surface area contributed by atoms with Gasteiger partial charge >= 0.3 is 0 Å². The van der Waals surface area contributed by atoms with Crippen LogP contribution in [0.25, 0.3) is 16.9 Å². The molecule has 3 aromatic rings. The summed E-state index contributed by atoms with van der Waals surface area (Å²) in [4.78, 5) is 11.8. The molecule has 0 atom stereocenters. The van der Waals surface area contributed by atoms with E-state index in [2.05, 4.69) is 15.3 Å². The number of aromatic nitrogens is 4. The monoisotopic (exact) mass is 302 g/mol. The van der Waals surface area contributed by atoms with Crippen molar-refractivity contribution in [3.05, 3.63) is 58.1 Å². The van der Waals surface area contributed by atoms with Crippen LogP contribution in [0.3, 0.4) is 0 Å². The predicted octanol–water partition coefficient (Wildman–Crippen LogP) is 2.28. The van der Waals surface area contributed by atoms with Crippen molar-refractivity contribution in [2.75, 3.05) is 7.11 Å². The maximum atomic E-state index is 11.8. The van der Waals surface area contributed by atoms with Gasteiger partial charge in [0.1, 0.15) is 10.9 Å². The van der Waals surface area contributed by atoms with Gasteiger partial charge in [0.25, 0.3) is 0 Å². The van der Waals surface area contributed by atoms with Crippen molar-refractivity contribution in [2.24, 2.45) is 0 Å². The summed E-state index contributed by atoms with van der Waals surface area (Å²) in [6, 6.07) is 8.82. The molecule has 0 fully saturated rings. The van der Waals surface area contributed by atoms with Gasteiger partial charge in [-0.3, -0.25) is 9.89 Å². The van der Waals surface area contributed by atoms with Crippen molar-refractivity contribution in [1.29, 1.82) is 0 Å². The maximum Gasteiger partial charge on any atom is 0.227 e. The number of halogens is 1. The average Bonchev–Trinajstić information content (AvgIpc) is 2.97. The maximum absolute atomic E-state index is 11.8. The Hall–Kier alpha value is -2.60. The van der Waals surface area contributed by atoms with Gasteiger partial charge in [0.05, 0.1) is 13.3 Å². The van der Waals surface area contributed by atoms with Gasteiger partial charge < -0.3 is 4.74 Å². The Morgan fingerprint density at radius 3 is 2.67 bits per heavy atom. The quantitative estimate of drug-likeness (QED) is 0.805. The fraction of sp³-hybridized carbons (Fsp3) is 0.0714. The second-order valence-corrected chi connectivity index (χ2v) is 4.71. The Labute approximate surface area is 125 Å². The lowest BCUT2D eigenvalue weighted by atomic mass is 10.1. The summed E-state index contributed by atoms with van der Waals surface area (Å²) in [5.41, 5.74) is 1.53. The molecule has 0 bridgehead atoms. The predicted molar refractivity (Wildman–Crippen MR) is 79.0 cm³/mol. The average molecular weight is 303 g/mol. The molecule has 3 rings (SSSR count). The van der Waals surface area contributed by atoms with Gasteiger partial charge in [-0.25, -0.2) is 4.68 Å². The van der Waals surface area contributed by atoms with E-state index in [1.165, 1.54) is 10.7 Å². The van der Waals surface area contributed by atoms with E-state index in [1.807, 2.05) is 24.3 Å². The highest BCUT2D eigenvalue weighted by atomic mass is 35.5. The lowest BCUT2D eigenvalue weighted by Gasteiger charge is -2.01. The van der Waals surface area contributed by atoms with Crippen molar-refractivity contribution in [3.8, 4) is 22.7 Å². The third-order valence-electron chi connectivity index (χ3n) is 2.97. The summed E-state index contributed by atoms with van der Waals surface area (Å²) >= 11 is 5.67. The van der Waals surface area contributed by atoms with Crippen LogP contribution >= 0.6 is 11.6 Å². The molecule has 21 heavy (non-hydrogen) atoms. The Morgan fingerprint density at radius 2 is 2.00 bits per heavy atom. The van der Waals surface area contributed by atoms with Crippen LogP contribution in [0.1, 0.15) is 0 Å². The molecule has 0 aliphatic carbocycles. The van der Waals surface area contributed by atoms with Crippen LogP contribution < -0.4 is 10.2 Å². The minimum atomic E-state index is -0.303. The zero-order chi connectivity index (χ0) is 14.8. The first-order valence-electron chi connectivity index (χ1n) is 6.12. The molecule has 6 nitrogen and oxygen atoms in total. The standard InChI is InChI=1S/C14H11ClN4O2/c1-21-11-4-2-9(3-5-11)10-7-16-19(8-10)14-12(20)6-13(15)17-18-14/h2-8H,1H3,(H,17,20). The van der Waals surface area contributed by atoms with E-state index in [-0.39, 0.29) is 16.4 Å². The normalized spacial score (nSPS) is 10.6. The van der Waals surface area contributed by atoms with E-state index in [9.17, 15) is 4.79 Å². The Balaban J connectivity index is 1.97. The molecule has 0 saturated carbocycles. The molecule has 7 heteroatoms. The van der Waals surface area contributed by atoms with Crippen LogP contribution in [-0.4, -0.2) is 27.1 Å². The number of rotatable bonds is 3. The minimum absolute atomic E-state index is 0.166. The fourth-order valence-corrected chi connectivity index (χ4v) is 2.05. The second-order valence-electron chi connectivity index (χ2n) is 4.31. The number of nitrogens with zero attached hydrogens (tertiary/aromatic N) is 3. The first-order chi connectivity index (χ1) is 10.2. The van der Waals surface area contributed by atoms with E-state index >= 15 is 0 Å². The summed E-state index contributed by atoms with van der Waals surface area (Å²) in [5.74, 6) is 0.945. The largest absolute Gasteiger partial charge is 0.497 e. The molecule has 0 spiro atoms. The summed E-state index contributed by atoms with van der Waals surface area (Å²) in [6.45, 7) is 0. The third kappa shape index (κ3) is 2.66. The molecule has 0 aliphatic rings. The van der Waals surface area contributed by atoms with E-state index in [4.69, 9.17) is 16.3 Å². The topological polar surface area (TPSA) is 72.8 Å². The molecule has 2 heterocycles. The number of H-pyrrole nitrogens is 1. The van der Waals surface area contributed by atoms with Crippen LogP contribution in [0, 0.1) is 0 Å². The molecular formula is C14H11ClN4O2. The summed E-state index contributed by atoms with van der Waals surface area (Å²) < 4.78 is 6.53. The molecule has 0 unspecified atom stereocenters. The van der Waals surface area contributed by atoms with E-state index < -0.39 is 0 Å². The van der Waals surface area contributed by atoms with Gasteiger partial charge in [-0.2, -0.15) is 10.2 Å². The van der Waals surface area contributed by atoms with Crippen LogP contribution in [0.15, 0.2) is 47.5 Å². The highest BCUT2D eigenvalue weighted by Gasteiger charge is 2.08. The number of ether oxygens (including phenoxy) is 1. The Kier molecular flexibility index (Phi) is 3.45. The summed E-state index contributed by atoms with van der Waals surface area (Å²) in [7, 11) is 1.62. The van der Waals surface area contributed by atoms with Gasteiger partial charge in [-0.1, -0.05) is 23.7 Å². The summed E-state index contributed by atoms with van der Waals surface area (Å²) in [6.07, 6.45) is 3.39. The van der Waals surface area contributed by atoms with Crippen LogP contribution in [0.5, 0.6) is 5.75 Å². The Bertz CT molecular complexity index is 823. The first kappa shape index (κ1) is 13.4.